The van der Waals surface area contributed by atoms with Crippen LogP contribution in [0.2, 0.25) is 0 Å². The summed E-state index contributed by atoms with van der Waals surface area (Å²) in [5.41, 5.74) is 4.97. The van der Waals surface area contributed by atoms with Gasteiger partial charge in [0, 0.05) is 84.4 Å². The summed E-state index contributed by atoms with van der Waals surface area (Å²) in [6, 6.07) is 12.2. The second-order valence-electron chi connectivity index (χ2n) is 13.4. The summed E-state index contributed by atoms with van der Waals surface area (Å²) in [7, 11) is 0. The van der Waals surface area contributed by atoms with Gasteiger partial charge in [0.25, 0.3) is 11.5 Å². The van der Waals surface area contributed by atoms with E-state index in [1.165, 1.54) is 0 Å². The number of H-pyrrole nitrogens is 1. The molecule has 2 N–H and O–H groups in total. The van der Waals surface area contributed by atoms with Crippen molar-refractivity contribution in [1.82, 2.24) is 24.8 Å². The van der Waals surface area contributed by atoms with E-state index in [-0.39, 0.29) is 30.1 Å². The third-order valence-corrected chi connectivity index (χ3v) is 8.28. The number of anilines is 1. The summed E-state index contributed by atoms with van der Waals surface area (Å²) in [6.07, 6.45) is 5.24. The highest BCUT2D eigenvalue weighted by Gasteiger charge is 2.26. The lowest BCUT2D eigenvalue weighted by Gasteiger charge is -2.36. The Bertz CT molecular complexity index is 1770. The van der Waals surface area contributed by atoms with Crippen molar-refractivity contribution >= 4 is 28.7 Å². The van der Waals surface area contributed by atoms with E-state index in [0.717, 1.165) is 51.9 Å². The van der Waals surface area contributed by atoms with Gasteiger partial charge in [0.15, 0.2) is 0 Å². The van der Waals surface area contributed by atoms with E-state index >= 15 is 0 Å². The Morgan fingerprint density at radius 2 is 1.78 bits per heavy atom. The molecule has 1 saturated heterocycles. The topological polar surface area (TPSA) is 113 Å². The van der Waals surface area contributed by atoms with E-state index in [1.807, 2.05) is 70.4 Å². The van der Waals surface area contributed by atoms with Crippen LogP contribution in [0.3, 0.4) is 0 Å². The molecule has 46 heavy (non-hydrogen) atoms. The first-order valence-electron chi connectivity index (χ1n) is 16.2. The maximum atomic E-state index is 13.8. The summed E-state index contributed by atoms with van der Waals surface area (Å²) in [4.78, 5) is 50.6. The smallest absolute Gasteiger partial charge is 0.410 e. The average molecular weight is 627 g/mol. The molecule has 1 fully saturated rings. The zero-order valence-corrected chi connectivity index (χ0v) is 28.1. The number of ether oxygens (including phenoxy) is 1. The van der Waals surface area contributed by atoms with Crippen LogP contribution in [0.5, 0.6) is 0 Å². The van der Waals surface area contributed by atoms with Gasteiger partial charge in [0.1, 0.15) is 11.4 Å². The van der Waals surface area contributed by atoms with E-state index < -0.39 is 5.60 Å². The van der Waals surface area contributed by atoms with Crippen LogP contribution in [0.15, 0.2) is 53.6 Å². The highest BCUT2D eigenvalue weighted by Crippen LogP contribution is 2.31. The van der Waals surface area contributed by atoms with E-state index in [0.29, 0.717) is 37.3 Å². The van der Waals surface area contributed by atoms with Crippen molar-refractivity contribution in [2.75, 3.05) is 31.1 Å². The number of pyridine rings is 2. The number of nitrogens with one attached hydrogen (secondary N) is 2. The quantitative estimate of drug-likeness (QED) is 0.240. The number of hydrogen-bond acceptors (Lipinski definition) is 6. The van der Waals surface area contributed by atoms with Crippen molar-refractivity contribution in [1.29, 1.82) is 0 Å². The second-order valence-corrected chi connectivity index (χ2v) is 13.4. The molecule has 10 heteroatoms. The van der Waals surface area contributed by atoms with Gasteiger partial charge < -0.3 is 29.4 Å². The fourth-order valence-corrected chi connectivity index (χ4v) is 5.99. The van der Waals surface area contributed by atoms with Crippen molar-refractivity contribution in [3.63, 3.8) is 0 Å². The van der Waals surface area contributed by atoms with Crippen molar-refractivity contribution in [3.05, 3.63) is 81.5 Å². The van der Waals surface area contributed by atoms with Crippen molar-refractivity contribution in [2.45, 2.75) is 79.5 Å². The monoisotopic (exact) mass is 626 g/mol. The zero-order valence-electron chi connectivity index (χ0n) is 28.1. The summed E-state index contributed by atoms with van der Waals surface area (Å²) in [5, 5.41) is 3.89. The Balaban J connectivity index is 1.38. The molecule has 0 aliphatic carbocycles. The van der Waals surface area contributed by atoms with Crippen LogP contribution in [0.25, 0.3) is 22.0 Å². The molecule has 0 saturated carbocycles. The van der Waals surface area contributed by atoms with Crippen LogP contribution < -0.4 is 15.8 Å². The molecule has 4 heterocycles. The molecule has 0 unspecified atom stereocenters. The van der Waals surface area contributed by atoms with Gasteiger partial charge in [0.05, 0.1) is 0 Å². The van der Waals surface area contributed by atoms with Gasteiger partial charge in [-0.05, 0) is 95.5 Å². The number of fused-ring (bicyclic) bond motifs is 1. The molecular weight excluding hydrogens is 580 g/mol. The number of carbonyl (C=O) groups excluding carboxylic acids is 2. The van der Waals surface area contributed by atoms with Crippen LogP contribution >= 0.6 is 0 Å². The number of aromatic amines is 1. The van der Waals surface area contributed by atoms with Crippen LogP contribution in [-0.2, 0) is 17.7 Å². The van der Waals surface area contributed by atoms with Crippen molar-refractivity contribution in [2.24, 2.45) is 0 Å². The zero-order chi connectivity index (χ0) is 33.2. The van der Waals surface area contributed by atoms with E-state index in [4.69, 9.17) is 9.72 Å². The summed E-state index contributed by atoms with van der Waals surface area (Å²) in [5.74, 6) is 0.603. The van der Waals surface area contributed by atoms with Crippen LogP contribution in [0, 0.1) is 6.92 Å². The first-order valence-corrected chi connectivity index (χ1v) is 16.2. The molecule has 10 nitrogen and oxygen atoms in total. The molecule has 0 radical (unpaired) electrons. The maximum Gasteiger partial charge on any atom is 0.410 e. The summed E-state index contributed by atoms with van der Waals surface area (Å²) in [6.45, 7) is 16.4. The maximum absolute atomic E-state index is 13.8. The number of rotatable bonds is 8. The predicted molar refractivity (Wildman–Crippen MR) is 183 cm³/mol. The number of amides is 2. The molecule has 1 aromatic carbocycles. The Morgan fingerprint density at radius 3 is 2.41 bits per heavy atom. The molecule has 0 spiro atoms. The minimum absolute atomic E-state index is 0.151. The standard InChI is InChI=1S/C36H46N6O4/c1-8-9-25-18-24(4)39-34(44)30(25)22-38-33(43)29-19-27(20-31-28(29)12-13-42(31)23(2)3)26-10-11-32(37-21-26)40-14-16-41(17-15-40)35(45)46-36(5,6)7/h10-13,18-21,23H,8-9,14-17,22H2,1-7H3,(H,38,43)(H,39,44). The van der Waals surface area contributed by atoms with E-state index in [2.05, 4.69) is 46.6 Å². The molecular formula is C36H46N6O4. The molecule has 5 rings (SSSR count). The molecule has 244 valence electrons. The Morgan fingerprint density at radius 1 is 1.04 bits per heavy atom. The fraction of sp³-hybridized carbons (Fsp3) is 0.444. The largest absolute Gasteiger partial charge is 0.444 e. The lowest BCUT2D eigenvalue weighted by molar-refractivity contribution is 0.0240. The van der Waals surface area contributed by atoms with Gasteiger partial charge in [0.2, 0.25) is 0 Å². The number of nitrogens with zero attached hydrogens (tertiary/aromatic N) is 4. The molecule has 2 amide bonds. The molecule has 0 bridgehead atoms. The van der Waals surface area contributed by atoms with Crippen molar-refractivity contribution < 1.29 is 14.3 Å². The van der Waals surface area contributed by atoms with E-state index in [1.54, 1.807) is 4.90 Å². The SMILES string of the molecule is CCCc1cc(C)[nH]c(=O)c1CNC(=O)c1cc(-c2ccc(N3CCN(C(=O)OC(C)(C)C)CC3)nc2)cc2c1ccn2C(C)C. The van der Waals surface area contributed by atoms with Gasteiger partial charge in [-0.2, -0.15) is 0 Å². The number of piperazine rings is 1. The fourth-order valence-electron chi connectivity index (χ4n) is 5.99. The average Bonchev–Trinajstić information content (AvgIpc) is 3.44. The minimum Gasteiger partial charge on any atom is -0.444 e. The number of aryl methyl sites for hydroxylation is 2. The molecule has 1 aliphatic rings. The summed E-state index contributed by atoms with van der Waals surface area (Å²) < 4.78 is 7.68. The first kappa shape index (κ1) is 32.8. The molecule has 0 atom stereocenters. The van der Waals surface area contributed by atoms with Gasteiger partial charge in [-0.15, -0.1) is 0 Å². The Kier molecular flexibility index (Phi) is 9.55. The van der Waals surface area contributed by atoms with Crippen LogP contribution in [-0.4, -0.2) is 63.2 Å². The predicted octanol–water partition coefficient (Wildman–Crippen LogP) is 6.22. The van der Waals surface area contributed by atoms with Gasteiger partial charge in [-0.25, -0.2) is 9.78 Å². The Hall–Kier alpha value is -4.60. The molecule has 4 aromatic rings. The highest BCUT2D eigenvalue weighted by molar-refractivity contribution is 6.08. The number of hydrogen-bond donors (Lipinski definition) is 2. The lowest BCUT2D eigenvalue weighted by Crippen LogP contribution is -2.50. The third-order valence-electron chi connectivity index (χ3n) is 8.28. The Labute approximate surface area is 270 Å². The first-order chi connectivity index (χ1) is 21.8. The van der Waals surface area contributed by atoms with E-state index in [9.17, 15) is 14.4 Å². The lowest BCUT2D eigenvalue weighted by atomic mass is 10.00. The van der Waals surface area contributed by atoms with Crippen LogP contribution in [0.1, 0.15) is 81.2 Å². The third kappa shape index (κ3) is 7.27. The van der Waals surface area contributed by atoms with Crippen LogP contribution in [0.4, 0.5) is 10.6 Å². The summed E-state index contributed by atoms with van der Waals surface area (Å²) >= 11 is 0. The van der Waals surface area contributed by atoms with Crippen molar-refractivity contribution in [3.8, 4) is 11.1 Å². The number of benzene rings is 1. The molecule has 3 aromatic heterocycles. The van der Waals surface area contributed by atoms with Gasteiger partial charge in [-0.3, -0.25) is 9.59 Å². The highest BCUT2D eigenvalue weighted by atomic mass is 16.6. The number of aromatic nitrogens is 3. The van der Waals surface area contributed by atoms with Gasteiger partial charge >= 0.3 is 6.09 Å². The molecule has 1 aliphatic heterocycles. The minimum atomic E-state index is -0.523. The van der Waals surface area contributed by atoms with Gasteiger partial charge in [-0.1, -0.05) is 13.3 Å². The second kappa shape index (κ2) is 13.4. The normalized spacial score (nSPS) is 13.8. The number of carbonyl (C=O) groups is 2.